The van der Waals surface area contributed by atoms with Gasteiger partial charge in [-0.2, -0.15) is 0 Å². The van der Waals surface area contributed by atoms with Crippen LogP contribution in [0.25, 0.3) is 0 Å². The summed E-state index contributed by atoms with van der Waals surface area (Å²) in [6.07, 6.45) is 3.41. The highest BCUT2D eigenvalue weighted by molar-refractivity contribution is 5.84. The molecule has 1 fully saturated rings. The Hall–Kier alpha value is -1.36. The third-order valence-electron chi connectivity index (χ3n) is 4.84. The van der Waals surface area contributed by atoms with Crippen molar-refractivity contribution < 1.29 is 9.90 Å². The minimum Gasteiger partial charge on any atom is -0.395 e. The largest absolute Gasteiger partial charge is 0.395 e. The van der Waals surface area contributed by atoms with Gasteiger partial charge in [-0.25, -0.2) is 4.98 Å². The summed E-state index contributed by atoms with van der Waals surface area (Å²) in [5, 5.41) is 9.15. The van der Waals surface area contributed by atoms with Gasteiger partial charge in [-0.1, -0.05) is 27.7 Å². The third kappa shape index (κ3) is 2.27. The van der Waals surface area contributed by atoms with E-state index in [1.807, 2.05) is 0 Å². The van der Waals surface area contributed by atoms with E-state index >= 15 is 0 Å². The van der Waals surface area contributed by atoms with Crippen molar-refractivity contribution >= 4 is 5.91 Å². The van der Waals surface area contributed by atoms with E-state index in [1.54, 1.807) is 17.3 Å². The highest BCUT2D eigenvalue weighted by atomic mass is 16.3. The van der Waals surface area contributed by atoms with E-state index in [1.165, 1.54) is 0 Å². The first-order valence-electron chi connectivity index (χ1n) is 6.70. The summed E-state index contributed by atoms with van der Waals surface area (Å²) in [6, 6.07) is 0. The molecule has 0 unspecified atom stereocenters. The zero-order valence-electron chi connectivity index (χ0n) is 12.1. The summed E-state index contributed by atoms with van der Waals surface area (Å²) >= 11 is 0. The summed E-state index contributed by atoms with van der Waals surface area (Å²) in [7, 11) is 0. The summed E-state index contributed by atoms with van der Waals surface area (Å²) in [6.45, 7) is 9.25. The van der Waals surface area contributed by atoms with E-state index in [-0.39, 0.29) is 29.3 Å². The number of carbonyl (C=O) groups is 1. The van der Waals surface area contributed by atoms with E-state index < -0.39 is 0 Å². The monoisotopic (exact) mass is 265 g/mol. The molecular formula is C14H23N3O2. The molecule has 1 saturated carbocycles. The van der Waals surface area contributed by atoms with Crippen molar-refractivity contribution in [3.8, 4) is 0 Å². The van der Waals surface area contributed by atoms with Gasteiger partial charge >= 0.3 is 0 Å². The molecule has 0 spiro atoms. The second-order valence-electron chi connectivity index (χ2n) is 6.40. The van der Waals surface area contributed by atoms with Crippen molar-refractivity contribution in [2.24, 2.45) is 16.7 Å². The molecule has 106 valence electrons. The summed E-state index contributed by atoms with van der Waals surface area (Å²) in [5.41, 5.74) is 0.0297. The van der Waals surface area contributed by atoms with Gasteiger partial charge in [-0.3, -0.25) is 4.79 Å². The average molecular weight is 265 g/mol. The van der Waals surface area contributed by atoms with Crippen LogP contribution >= 0.6 is 0 Å². The van der Waals surface area contributed by atoms with E-state index in [0.29, 0.717) is 13.1 Å². The van der Waals surface area contributed by atoms with E-state index in [4.69, 9.17) is 5.11 Å². The Labute approximate surface area is 114 Å². The molecule has 1 aromatic heterocycles. The molecule has 1 heterocycles. The molecular weight excluding hydrogens is 242 g/mol. The number of aliphatic hydroxyl groups excluding tert-OH is 1. The molecule has 19 heavy (non-hydrogen) atoms. The van der Waals surface area contributed by atoms with Crippen molar-refractivity contribution in [2.45, 2.75) is 34.2 Å². The molecule has 5 heteroatoms. The number of amides is 1. The van der Waals surface area contributed by atoms with Gasteiger partial charge in [0.15, 0.2) is 0 Å². The minimum absolute atomic E-state index is 0.0148. The topological polar surface area (TPSA) is 69.2 Å². The Morgan fingerprint density at radius 1 is 1.42 bits per heavy atom. The van der Waals surface area contributed by atoms with Gasteiger partial charge < -0.3 is 15.0 Å². The van der Waals surface area contributed by atoms with Crippen LogP contribution in [-0.4, -0.2) is 39.0 Å². The molecule has 1 amide bonds. The number of aromatic nitrogens is 2. The fourth-order valence-corrected chi connectivity index (χ4v) is 2.95. The van der Waals surface area contributed by atoms with Crippen molar-refractivity contribution in [1.29, 1.82) is 0 Å². The van der Waals surface area contributed by atoms with E-state index in [2.05, 4.69) is 37.7 Å². The second-order valence-corrected chi connectivity index (χ2v) is 6.40. The Bertz CT molecular complexity index is 437. The Kier molecular flexibility index (Phi) is 3.43. The van der Waals surface area contributed by atoms with Gasteiger partial charge in [0.1, 0.15) is 5.82 Å². The number of nitrogens with one attached hydrogen (secondary N) is 1. The van der Waals surface area contributed by atoms with Gasteiger partial charge in [0.05, 0.1) is 13.2 Å². The van der Waals surface area contributed by atoms with Crippen LogP contribution in [0.1, 0.15) is 33.5 Å². The molecule has 0 bridgehead atoms. The number of aromatic amines is 1. The zero-order valence-corrected chi connectivity index (χ0v) is 12.1. The maximum Gasteiger partial charge on any atom is 0.227 e. The lowest BCUT2D eigenvalue weighted by Gasteiger charge is -2.21. The smallest absolute Gasteiger partial charge is 0.227 e. The summed E-state index contributed by atoms with van der Waals surface area (Å²) in [5.74, 6) is 0.875. The first kappa shape index (κ1) is 14.1. The Morgan fingerprint density at radius 3 is 2.47 bits per heavy atom. The van der Waals surface area contributed by atoms with Crippen LogP contribution < -0.4 is 0 Å². The van der Waals surface area contributed by atoms with Crippen molar-refractivity contribution in [2.75, 3.05) is 13.2 Å². The van der Waals surface area contributed by atoms with Crippen LogP contribution in [0.4, 0.5) is 0 Å². The lowest BCUT2D eigenvalue weighted by atomic mass is 10.0. The van der Waals surface area contributed by atoms with Gasteiger partial charge in [-0.15, -0.1) is 0 Å². The average Bonchev–Trinajstić information content (AvgIpc) is 2.73. The summed E-state index contributed by atoms with van der Waals surface area (Å²) < 4.78 is 0. The molecule has 0 atom stereocenters. The van der Waals surface area contributed by atoms with Crippen LogP contribution in [0.3, 0.4) is 0 Å². The van der Waals surface area contributed by atoms with Crippen LogP contribution in [0, 0.1) is 16.7 Å². The summed E-state index contributed by atoms with van der Waals surface area (Å²) in [4.78, 5) is 21.5. The number of H-pyrrole nitrogens is 1. The number of hydrogen-bond donors (Lipinski definition) is 2. The Morgan fingerprint density at radius 2 is 2.05 bits per heavy atom. The normalized spacial score (nSPS) is 20.3. The highest BCUT2D eigenvalue weighted by Crippen LogP contribution is 2.68. The number of rotatable bonds is 5. The van der Waals surface area contributed by atoms with Gasteiger partial charge in [-0.05, 0) is 10.8 Å². The first-order valence-corrected chi connectivity index (χ1v) is 6.70. The minimum atomic E-state index is -0.0278. The standard InChI is InChI=1S/C14H23N3O2/c1-13(2)11(14(13,3)4)12(19)17(7-8-18)9-10-15-5-6-16-10/h5-6,11,18H,7-9H2,1-4H3,(H,15,16). The van der Waals surface area contributed by atoms with E-state index in [0.717, 1.165) is 5.82 Å². The molecule has 0 aliphatic heterocycles. The number of hydrogen-bond acceptors (Lipinski definition) is 3. The molecule has 0 aromatic carbocycles. The van der Waals surface area contributed by atoms with Gasteiger partial charge in [0.25, 0.3) is 0 Å². The molecule has 2 N–H and O–H groups in total. The third-order valence-corrected chi connectivity index (χ3v) is 4.84. The molecule has 0 radical (unpaired) electrons. The maximum absolute atomic E-state index is 12.6. The lowest BCUT2D eigenvalue weighted by molar-refractivity contribution is -0.135. The van der Waals surface area contributed by atoms with Crippen molar-refractivity contribution in [3.63, 3.8) is 0 Å². The number of carbonyl (C=O) groups excluding carboxylic acids is 1. The zero-order chi connectivity index (χ0) is 14.3. The molecule has 1 aromatic rings. The van der Waals surface area contributed by atoms with Crippen LogP contribution in [0.2, 0.25) is 0 Å². The first-order chi connectivity index (χ1) is 8.82. The van der Waals surface area contributed by atoms with Crippen LogP contribution in [0.5, 0.6) is 0 Å². The predicted octanol–water partition coefficient (Wildman–Crippen LogP) is 1.41. The maximum atomic E-state index is 12.6. The second kappa shape index (κ2) is 4.63. The molecule has 1 aliphatic carbocycles. The van der Waals surface area contributed by atoms with Crippen molar-refractivity contribution in [1.82, 2.24) is 14.9 Å². The number of nitrogens with zero attached hydrogens (tertiary/aromatic N) is 2. The van der Waals surface area contributed by atoms with Gasteiger partial charge in [0.2, 0.25) is 5.91 Å². The SMILES string of the molecule is CC1(C)C(C(=O)N(CCO)Cc2ncc[nH]2)C1(C)C. The quantitative estimate of drug-likeness (QED) is 0.846. The fraction of sp³-hybridized carbons (Fsp3) is 0.714. The fourth-order valence-electron chi connectivity index (χ4n) is 2.95. The predicted molar refractivity (Wildman–Crippen MR) is 72.1 cm³/mol. The lowest BCUT2D eigenvalue weighted by Crippen LogP contribution is -2.36. The number of imidazole rings is 1. The van der Waals surface area contributed by atoms with E-state index in [9.17, 15) is 4.79 Å². The van der Waals surface area contributed by atoms with Crippen LogP contribution in [0.15, 0.2) is 12.4 Å². The molecule has 1 aliphatic rings. The molecule has 5 nitrogen and oxygen atoms in total. The highest BCUT2D eigenvalue weighted by Gasteiger charge is 2.68. The van der Waals surface area contributed by atoms with Gasteiger partial charge in [0, 0.05) is 24.9 Å². The van der Waals surface area contributed by atoms with Crippen molar-refractivity contribution in [3.05, 3.63) is 18.2 Å². The molecule has 2 rings (SSSR count). The Balaban J connectivity index is 2.10. The van der Waals surface area contributed by atoms with Crippen LogP contribution in [-0.2, 0) is 11.3 Å². The number of aliphatic hydroxyl groups is 1. The molecule has 0 saturated heterocycles.